The van der Waals surface area contributed by atoms with Gasteiger partial charge in [-0.15, -0.1) is 0 Å². The average Bonchev–Trinajstić information content (AvgIpc) is 2.08. The summed E-state index contributed by atoms with van der Waals surface area (Å²) in [5.41, 5.74) is 0.707. The number of rotatable bonds is 4. The Morgan fingerprint density at radius 2 is 2.06 bits per heavy atom. The van der Waals surface area contributed by atoms with Gasteiger partial charge in [0.2, 0.25) is 0 Å². The first-order valence-corrected chi connectivity index (χ1v) is 5.80. The maximum absolute atomic E-state index is 13.1. The van der Waals surface area contributed by atoms with Crippen LogP contribution in [0.3, 0.4) is 0 Å². The fourth-order valence-corrected chi connectivity index (χ4v) is 2.25. The number of aliphatic hydroxyl groups excluding tert-OH is 1. The van der Waals surface area contributed by atoms with Crippen molar-refractivity contribution in [2.75, 3.05) is 0 Å². The first kappa shape index (κ1) is 13.5. The zero-order valence-electron chi connectivity index (χ0n) is 9.93. The van der Waals surface area contributed by atoms with Crippen LogP contribution >= 0.6 is 11.6 Å². The van der Waals surface area contributed by atoms with E-state index in [0.717, 1.165) is 5.56 Å². The van der Waals surface area contributed by atoms with Crippen LogP contribution in [-0.4, -0.2) is 11.2 Å². The topological polar surface area (TPSA) is 20.2 Å². The van der Waals surface area contributed by atoms with Gasteiger partial charge in [0.05, 0.1) is 6.10 Å². The van der Waals surface area contributed by atoms with Crippen molar-refractivity contribution in [3.63, 3.8) is 0 Å². The highest BCUT2D eigenvalue weighted by Gasteiger charge is 2.22. The lowest BCUT2D eigenvalue weighted by Crippen LogP contribution is -2.21. The minimum atomic E-state index is -0.359. The van der Waals surface area contributed by atoms with Gasteiger partial charge in [0.25, 0.3) is 0 Å². The summed E-state index contributed by atoms with van der Waals surface area (Å²) in [7, 11) is 0. The first-order chi connectivity index (χ1) is 7.30. The SMILES string of the molecule is CC(O)CC(C)(C)Cc1cc(F)ccc1Cl. The molecule has 0 heterocycles. The minimum absolute atomic E-state index is 0.0917. The van der Waals surface area contributed by atoms with E-state index in [4.69, 9.17) is 11.6 Å². The van der Waals surface area contributed by atoms with Gasteiger partial charge in [-0.25, -0.2) is 4.39 Å². The van der Waals surface area contributed by atoms with Crippen LogP contribution in [0.5, 0.6) is 0 Å². The molecule has 1 unspecified atom stereocenters. The van der Waals surface area contributed by atoms with Crippen molar-refractivity contribution in [3.8, 4) is 0 Å². The van der Waals surface area contributed by atoms with Crippen LogP contribution in [0, 0.1) is 11.2 Å². The summed E-state index contributed by atoms with van der Waals surface area (Å²) in [6.45, 7) is 5.84. The van der Waals surface area contributed by atoms with Crippen LogP contribution in [0.25, 0.3) is 0 Å². The van der Waals surface area contributed by atoms with Gasteiger partial charge in [-0.05, 0) is 48.9 Å². The number of halogens is 2. The van der Waals surface area contributed by atoms with Crippen molar-refractivity contribution in [1.82, 2.24) is 0 Å². The van der Waals surface area contributed by atoms with Gasteiger partial charge in [-0.1, -0.05) is 25.4 Å². The lowest BCUT2D eigenvalue weighted by molar-refractivity contribution is 0.129. The van der Waals surface area contributed by atoms with Crippen molar-refractivity contribution in [2.24, 2.45) is 5.41 Å². The number of hydrogen-bond donors (Lipinski definition) is 1. The van der Waals surface area contributed by atoms with Gasteiger partial charge >= 0.3 is 0 Å². The molecule has 1 rings (SSSR count). The van der Waals surface area contributed by atoms with Crippen LogP contribution in [0.1, 0.15) is 32.8 Å². The lowest BCUT2D eigenvalue weighted by Gasteiger charge is -2.26. The first-order valence-electron chi connectivity index (χ1n) is 5.42. The molecule has 0 radical (unpaired) electrons. The second kappa shape index (κ2) is 5.15. The molecule has 1 nitrogen and oxygen atoms in total. The fraction of sp³-hybridized carbons (Fsp3) is 0.538. The molecular weight excluding hydrogens is 227 g/mol. The molecular formula is C13H18ClFO. The lowest BCUT2D eigenvalue weighted by atomic mass is 9.81. The Labute approximate surface area is 101 Å². The van der Waals surface area contributed by atoms with E-state index in [2.05, 4.69) is 0 Å². The Morgan fingerprint density at radius 3 is 2.62 bits per heavy atom. The van der Waals surface area contributed by atoms with Crippen molar-refractivity contribution >= 4 is 11.6 Å². The van der Waals surface area contributed by atoms with Crippen LogP contribution in [0.2, 0.25) is 5.02 Å². The molecule has 0 bridgehead atoms. The molecule has 1 atom stereocenters. The second-order valence-corrected chi connectivity index (χ2v) is 5.54. The molecule has 16 heavy (non-hydrogen) atoms. The average molecular weight is 245 g/mol. The number of aliphatic hydroxyl groups is 1. The molecule has 0 aliphatic carbocycles. The van der Waals surface area contributed by atoms with E-state index in [1.165, 1.54) is 12.1 Å². The van der Waals surface area contributed by atoms with Crippen LogP contribution in [0.15, 0.2) is 18.2 Å². The van der Waals surface area contributed by atoms with Gasteiger partial charge in [0.15, 0.2) is 0 Å². The molecule has 0 amide bonds. The summed E-state index contributed by atoms with van der Waals surface area (Å²) in [6.07, 6.45) is 0.969. The molecule has 0 aliphatic rings. The summed E-state index contributed by atoms with van der Waals surface area (Å²) in [6, 6.07) is 4.39. The van der Waals surface area contributed by atoms with Crippen molar-refractivity contribution in [2.45, 2.75) is 39.7 Å². The van der Waals surface area contributed by atoms with Gasteiger partial charge in [-0.3, -0.25) is 0 Å². The Morgan fingerprint density at radius 1 is 1.44 bits per heavy atom. The predicted molar refractivity (Wildman–Crippen MR) is 65.2 cm³/mol. The van der Waals surface area contributed by atoms with Crippen molar-refractivity contribution in [1.29, 1.82) is 0 Å². The zero-order valence-corrected chi connectivity index (χ0v) is 10.7. The molecule has 3 heteroatoms. The molecule has 0 aromatic heterocycles. The van der Waals surface area contributed by atoms with Crippen LogP contribution < -0.4 is 0 Å². The summed E-state index contributed by atoms with van der Waals surface area (Å²) < 4.78 is 13.1. The highest BCUT2D eigenvalue weighted by atomic mass is 35.5. The molecule has 90 valence electrons. The monoisotopic (exact) mass is 244 g/mol. The maximum Gasteiger partial charge on any atom is 0.123 e. The summed E-state index contributed by atoms with van der Waals surface area (Å²) >= 11 is 6.01. The third kappa shape index (κ3) is 4.11. The largest absolute Gasteiger partial charge is 0.393 e. The van der Waals surface area contributed by atoms with Gasteiger partial charge in [-0.2, -0.15) is 0 Å². The van der Waals surface area contributed by atoms with E-state index in [1.807, 2.05) is 13.8 Å². The minimum Gasteiger partial charge on any atom is -0.393 e. The van der Waals surface area contributed by atoms with Crippen LogP contribution in [-0.2, 0) is 6.42 Å². The highest BCUT2D eigenvalue weighted by molar-refractivity contribution is 6.31. The molecule has 0 aliphatic heterocycles. The van der Waals surface area contributed by atoms with Gasteiger partial charge < -0.3 is 5.11 Å². The van der Waals surface area contributed by atoms with E-state index in [-0.39, 0.29) is 17.3 Å². The summed E-state index contributed by atoms with van der Waals surface area (Å²) in [5, 5.41) is 9.97. The Hall–Kier alpha value is -0.600. The quantitative estimate of drug-likeness (QED) is 0.854. The summed E-state index contributed by atoms with van der Waals surface area (Å²) in [5.74, 6) is -0.271. The predicted octanol–water partition coefficient (Wildman–Crippen LogP) is 3.82. The molecule has 0 saturated heterocycles. The van der Waals surface area contributed by atoms with Crippen LogP contribution in [0.4, 0.5) is 4.39 Å². The van der Waals surface area contributed by atoms with Crippen molar-refractivity contribution in [3.05, 3.63) is 34.6 Å². The molecule has 0 saturated carbocycles. The third-order valence-electron chi connectivity index (χ3n) is 2.52. The Bertz CT molecular complexity index is 361. The zero-order chi connectivity index (χ0) is 12.3. The van der Waals surface area contributed by atoms with E-state index in [9.17, 15) is 9.50 Å². The van der Waals surface area contributed by atoms with Gasteiger partial charge in [0, 0.05) is 5.02 Å². The number of benzene rings is 1. The summed E-state index contributed by atoms with van der Waals surface area (Å²) in [4.78, 5) is 0. The molecule has 0 spiro atoms. The molecule has 0 fully saturated rings. The number of hydrogen-bond acceptors (Lipinski definition) is 1. The van der Waals surface area contributed by atoms with E-state index < -0.39 is 0 Å². The highest BCUT2D eigenvalue weighted by Crippen LogP contribution is 2.30. The Balaban J connectivity index is 2.82. The van der Waals surface area contributed by atoms with Crippen molar-refractivity contribution < 1.29 is 9.50 Å². The standard InChI is InChI=1S/C13H18ClFO/c1-9(16)7-13(2,3)8-10-6-11(15)4-5-12(10)14/h4-6,9,16H,7-8H2,1-3H3. The fourth-order valence-electron chi connectivity index (χ4n) is 2.07. The second-order valence-electron chi connectivity index (χ2n) is 5.13. The maximum atomic E-state index is 13.1. The smallest absolute Gasteiger partial charge is 0.123 e. The molecule has 1 N–H and O–H groups in total. The van der Waals surface area contributed by atoms with E-state index in [1.54, 1.807) is 13.0 Å². The normalized spacial score (nSPS) is 13.9. The Kier molecular flexibility index (Phi) is 4.34. The third-order valence-corrected chi connectivity index (χ3v) is 2.89. The molecule has 1 aromatic rings. The van der Waals surface area contributed by atoms with E-state index >= 15 is 0 Å². The van der Waals surface area contributed by atoms with Gasteiger partial charge in [0.1, 0.15) is 5.82 Å². The van der Waals surface area contributed by atoms with E-state index in [0.29, 0.717) is 17.9 Å². The molecule has 1 aromatic carbocycles.